The summed E-state index contributed by atoms with van der Waals surface area (Å²) in [6, 6.07) is 11.4. The molecule has 0 aliphatic heterocycles. The lowest BCUT2D eigenvalue weighted by Crippen LogP contribution is -2.15. The molecule has 1 amide bonds. The number of anilines is 1. The van der Waals surface area contributed by atoms with Crippen LogP contribution in [0, 0.1) is 0 Å². The Labute approximate surface area is 150 Å². The Hall–Kier alpha value is -2.49. The van der Waals surface area contributed by atoms with Gasteiger partial charge in [-0.2, -0.15) is 0 Å². The molecule has 2 rings (SSSR count). The number of amides is 1. The van der Waals surface area contributed by atoms with E-state index in [-0.39, 0.29) is 11.8 Å². The van der Waals surface area contributed by atoms with Crippen molar-refractivity contribution >= 4 is 11.6 Å². The van der Waals surface area contributed by atoms with Gasteiger partial charge in [0, 0.05) is 29.4 Å². The van der Waals surface area contributed by atoms with Crippen molar-refractivity contribution in [3.8, 4) is 11.5 Å². The topological polar surface area (TPSA) is 47.6 Å². The van der Waals surface area contributed by atoms with Crippen LogP contribution in [0.5, 0.6) is 11.5 Å². The molecule has 134 valence electrons. The molecule has 2 aromatic rings. The van der Waals surface area contributed by atoms with Gasteiger partial charge in [-0.3, -0.25) is 4.79 Å². The standard InChI is InChI=1S/C21H27NO3/c1-13(2)15-7-8-19(20(9-15)14(3)4)21(23)22-16-10-17(24-5)12-18(11-16)25-6/h7-14H,1-6H3,(H,22,23). The van der Waals surface area contributed by atoms with E-state index in [1.807, 2.05) is 12.1 Å². The van der Waals surface area contributed by atoms with Gasteiger partial charge in [-0.1, -0.05) is 39.8 Å². The highest BCUT2D eigenvalue weighted by Gasteiger charge is 2.16. The molecule has 0 bridgehead atoms. The molecule has 0 aromatic heterocycles. The molecule has 4 heteroatoms. The van der Waals surface area contributed by atoms with Crippen LogP contribution in [-0.4, -0.2) is 20.1 Å². The van der Waals surface area contributed by atoms with Crippen molar-refractivity contribution in [1.29, 1.82) is 0 Å². The zero-order chi connectivity index (χ0) is 18.6. The second kappa shape index (κ2) is 8.06. The van der Waals surface area contributed by atoms with E-state index in [1.165, 1.54) is 5.56 Å². The van der Waals surface area contributed by atoms with Crippen molar-refractivity contribution in [3.05, 3.63) is 53.1 Å². The van der Waals surface area contributed by atoms with Crippen molar-refractivity contribution in [1.82, 2.24) is 0 Å². The van der Waals surface area contributed by atoms with E-state index in [9.17, 15) is 4.79 Å². The third kappa shape index (κ3) is 4.53. The molecular weight excluding hydrogens is 314 g/mol. The van der Waals surface area contributed by atoms with Gasteiger partial charge in [-0.05, 0) is 29.0 Å². The number of carbonyl (C=O) groups is 1. The van der Waals surface area contributed by atoms with Gasteiger partial charge in [0.1, 0.15) is 11.5 Å². The van der Waals surface area contributed by atoms with Crippen LogP contribution in [-0.2, 0) is 0 Å². The number of hydrogen-bond acceptors (Lipinski definition) is 3. The lowest BCUT2D eigenvalue weighted by atomic mass is 9.91. The summed E-state index contributed by atoms with van der Waals surface area (Å²) in [6.45, 7) is 8.51. The normalized spacial score (nSPS) is 10.9. The minimum Gasteiger partial charge on any atom is -0.497 e. The molecule has 0 atom stereocenters. The van der Waals surface area contributed by atoms with Gasteiger partial charge in [-0.15, -0.1) is 0 Å². The molecule has 0 radical (unpaired) electrons. The van der Waals surface area contributed by atoms with Crippen LogP contribution in [0.3, 0.4) is 0 Å². The third-order valence-electron chi connectivity index (χ3n) is 4.22. The molecule has 0 fully saturated rings. The number of hydrogen-bond donors (Lipinski definition) is 1. The first kappa shape index (κ1) is 18.8. The molecular formula is C21H27NO3. The number of methoxy groups -OCH3 is 2. The summed E-state index contributed by atoms with van der Waals surface area (Å²) in [5.41, 5.74) is 3.63. The predicted molar refractivity (Wildman–Crippen MR) is 102 cm³/mol. The molecule has 4 nitrogen and oxygen atoms in total. The number of ether oxygens (including phenoxy) is 2. The van der Waals surface area contributed by atoms with Gasteiger partial charge in [-0.25, -0.2) is 0 Å². The fraction of sp³-hybridized carbons (Fsp3) is 0.381. The Balaban J connectivity index is 2.35. The molecule has 1 N–H and O–H groups in total. The molecule has 0 aliphatic carbocycles. The summed E-state index contributed by atoms with van der Waals surface area (Å²) >= 11 is 0. The predicted octanol–water partition coefficient (Wildman–Crippen LogP) is 5.20. The quantitative estimate of drug-likeness (QED) is 0.785. The van der Waals surface area contributed by atoms with E-state index >= 15 is 0 Å². The SMILES string of the molecule is COc1cc(NC(=O)c2ccc(C(C)C)cc2C(C)C)cc(OC)c1. The highest BCUT2D eigenvalue weighted by atomic mass is 16.5. The number of rotatable bonds is 6. The van der Waals surface area contributed by atoms with Crippen molar-refractivity contribution in [3.63, 3.8) is 0 Å². The first-order valence-corrected chi connectivity index (χ1v) is 8.54. The summed E-state index contributed by atoms with van der Waals surface area (Å²) in [5, 5.41) is 2.95. The molecule has 0 spiro atoms. The van der Waals surface area contributed by atoms with Crippen LogP contribution in [0.25, 0.3) is 0 Å². The molecule has 0 saturated carbocycles. The van der Waals surface area contributed by atoms with E-state index in [2.05, 4.69) is 39.1 Å². The van der Waals surface area contributed by atoms with Gasteiger partial charge >= 0.3 is 0 Å². The smallest absolute Gasteiger partial charge is 0.255 e. The summed E-state index contributed by atoms with van der Waals surface area (Å²) in [7, 11) is 3.17. The minimum absolute atomic E-state index is 0.130. The van der Waals surface area contributed by atoms with Crippen LogP contribution in [0.2, 0.25) is 0 Å². The second-order valence-electron chi connectivity index (χ2n) is 6.71. The maximum Gasteiger partial charge on any atom is 0.255 e. The van der Waals surface area contributed by atoms with E-state index in [4.69, 9.17) is 9.47 Å². The van der Waals surface area contributed by atoms with E-state index in [0.717, 1.165) is 5.56 Å². The molecule has 2 aromatic carbocycles. The summed E-state index contributed by atoms with van der Waals surface area (Å²) < 4.78 is 10.5. The highest BCUT2D eigenvalue weighted by molar-refractivity contribution is 6.05. The lowest BCUT2D eigenvalue weighted by molar-refractivity contribution is 0.102. The van der Waals surface area contributed by atoms with E-state index < -0.39 is 0 Å². The van der Waals surface area contributed by atoms with Crippen molar-refractivity contribution in [2.75, 3.05) is 19.5 Å². The maximum absolute atomic E-state index is 12.8. The van der Waals surface area contributed by atoms with Gasteiger partial charge < -0.3 is 14.8 Å². The van der Waals surface area contributed by atoms with Gasteiger partial charge in [0.05, 0.1) is 14.2 Å². The zero-order valence-electron chi connectivity index (χ0n) is 15.8. The van der Waals surface area contributed by atoms with Gasteiger partial charge in [0.25, 0.3) is 5.91 Å². The Kier molecular flexibility index (Phi) is 6.07. The molecule has 0 unspecified atom stereocenters. The average Bonchev–Trinajstić information content (AvgIpc) is 2.60. The van der Waals surface area contributed by atoms with Crippen molar-refractivity contribution < 1.29 is 14.3 Å². The van der Waals surface area contributed by atoms with Gasteiger partial charge in [0.2, 0.25) is 0 Å². The molecule has 25 heavy (non-hydrogen) atoms. The summed E-state index contributed by atoms with van der Waals surface area (Å²) in [4.78, 5) is 12.8. The van der Waals surface area contributed by atoms with Crippen LogP contribution >= 0.6 is 0 Å². The minimum atomic E-state index is -0.130. The molecule has 0 heterocycles. The number of carbonyl (C=O) groups excluding carboxylic acids is 1. The number of nitrogens with one attached hydrogen (secondary N) is 1. The average molecular weight is 341 g/mol. The van der Waals surface area contributed by atoms with Crippen LogP contribution in [0.1, 0.15) is 61.0 Å². The van der Waals surface area contributed by atoms with Crippen LogP contribution in [0.15, 0.2) is 36.4 Å². The zero-order valence-corrected chi connectivity index (χ0v) is 15.8. The summed E-state index contributed by atoms with van der Waals surface area (Å²) in [6.07, 6.45) is 0. The first-order valence-electron chi connectivity index (χ1n) is 8.54. The van der Waals surface area contributed by atoms with Crippen LogP contribution in [0.4, 0.5) is 5.69 Å². The van der Waals surface area contributed by atoms with Crippen LogP contribution < -0.4 is 14.8 Å². The molecule has 0 aliphatic rings. The Bertz CT molecular complexity index is 729. The van der Waals surface area contributed by atoms with E-state index in [1.54, 1.807) is 32.4 Å². The molecule has 0 saturated heterocycles. The monoisotopic (exact) mass is 341 g/mol. The number of benzene rings is 2. The maximum atomic E-state index is 12.8. The van der Waals surface area contributed by atoms with Crippen molar-refractivity contribution in [2.45, 2.75) is 39.5 Å². The fourth-order valence-corrected chi connectivity index (χ4v) is 2.70. The highest BCUT2D eigenvalue weighted by Crippen LogP contribution is 2.28. The Morgan fingerprint density at radius 3 is 1.96 bits per heavy atom. The van der Waals surface area contributed by atoms with Crippen molar-refractivity contribution in [2.24, 2.45) is 0 Å². The van der Waals surface area contributed by atoms with Gasteiger partial charge in [0.15, 0.2) is 0 Å². The van der Waals surface area contributed by atoms with E-state index in [0.29, 0.717) is 28.7 Å². The fourth-order valence-electron chi connectivity index (χ4n) is 2.70. The third-order valence-corrected chi connectivity index (χ3v) is 4.22. The summed E-state index contributed by atoms with van der Waals surface area (Å²) in [5.74, 6) is 1.83. The largest absolute Gasteiger partial charge is 0.497 e. The second-order valence-corrected chi connectivity index (χ2v) is 6.71. The Morgan fingerprint density at radius 1 is 0.880 bits per heavy atom. The Morgan fingerprint density at radius 2 is 1.48 bits per heavy atom. The lowest BCUT2D eigenvalue weighted by Gasteiger charge is -2.16. The first-order chi connectivity index (χ1) is 11.8.